The minimum Gasteiger partial charge on any atom is -0.493 e. The van der Waals surface area contributed by atoms with Crippen molar-refractivity contribution >= 4 is 5.91 Å². The van der Waals surface area contributed by atoms with E-state index in [0.717, 1.165) is 18.6 Å². The molecule has 0 unspecified atom stereocenters. The highest BCUT2D eigenvalue weighted by molar-refractivity contribution is 5.96. The van der Waals surface area contributed by atoms with Crippen LogP contribution in [0.5, 0.6) is 11.5 Å². The van der Waals surface area contributed by atoms with E-state index in [0.29, 0.717) is 6.42 Å². The molecule has 0 bridgehead atoms. The lowest BCUT2D eigenvalue weighted by molar-refractivity contribution is 0.0569. The maximum absolute atomic E-state index is 15.3. The number of unbranched alkanes of at least 4 members (excludes halogenated alkanes) is 1. The highest BCUT2D eigenvalue weighted by Crippen LogP contribution is 2.42. The van der Waals surface area contributed by atoms with Crippen molar-refractivity contribution in [1.82, 2.24) is 9.58 Å². The first-order valence-corrected chi connectivity index (χ1v) is 12.1. The molecule has 2 atom stereocenters. The molecule has 0 fully saturated rings. The lowest BCUT2D eigenvalue weighted by Gasteiger charge is -2.50. The number of hydrogen-bond acceptors (Lipinski definition) is 5. The number of aromatic nitrogens is 1. The molecule has 1 amide bonds. The van der Waals surface area contributed by atoms with Gasteiger partial charge in [0.2, 0.25) is 5.43 Å². The van der Waals surface area contributed by atoms with E-state index in [1.54, 1.807) is 24.2 Å². The quantitative estimate of drug-likeness (QED) is 0.475. The van der Waals surface area contributed by atoms with E-state index in [-0.39, 0.29) is 48.0 Å². The van der Waals surface area contributed by atoms with Gasteiger partial charge in [-0.25, -0.2) is 13.2 Å². The Balaban J connectivity index is 1.80. The van der Waals surface area contributed by atoms with Crippen LogP contribution in [-0.2, 0) is 0 Å². The van der Waals surface area contributed by atoms with Gasteiger partial charge in [0.1, 0.15) is 23.8 Å². The van der Waals surface area contributed by atoms with Crippen LogP contribution in [0.25, 0.3) is 0 Å². The molecular formula is C27H26F3N3O4. The highest BCUT2D eigenvalue weighted by atomic mass is 19.2. The Bertz CT molecular complexity index is 1410. The predicted molar refractivity (Wildman–Crippen MR) is 130 cm³/mol. The van der Waals surface area contributed by atoms with Crippen molar-refractivity contribution in [1.29, 1.82) is 0 Å². The molecule has 0 saturated carbocycles. The molecule has 3 heterocycles. The predicted octanol–water partition coefficient (Wildman–Crippen LogP) is 4.37. The Morgan fingerprint density at radius 2 is 1.78 bits per heavy atom. The summed E-state index contributed by atoms with van der Waals surface area (Å²) in [5.41, 5.74) is -0.149. The number of rotatable bonds is 5. The molecule has 2 aromatic carbocycles. The highest BCUT2D eigenvalue weighted by Gasteiger charge is 2.44. The number of carbonyl (C=O) groups is 1. The summed E-state index contributed by atoms with van der Waals surface area (Å²) in [5, 5.41) is 1.69. The molecule has 2 aliphatic heterocycles. The third-order valence-corrected chi connectivity index (χ3v) is 6.75. The number of carbonyl (C=O) groups excluding carboxylic acids is 1. The second-order valence-electron chi connectivity index (χ2n) is 9.05. The number of benzene rings is 2. The summed E-state index contributed by atoms with van der Waals surface area (Å²) in [4.78, 5) is 27.8. The van der Waals surface area contributed by atoms with Gasteiger partial charge in [0.25, 0.3) is 5.91 Å². The van der Waals surface area contributed by atoms with Crippen LogP contribution in [0.4, 0.5) is 13.2 Å². The van der Waals surface area contributed by atoms with Crippen LogP contribution in [0, 0.1) is 17.5 Å². The summed E-state index contributed by atoms with van der Waals surface area (Å²) in [6, 6.07) is 8.15. The normalized spacial score (nSPS) is 18.8. The van der Waals surface area contributed by atoms with Crippen molar-refractivity contribution in [3.05, 3.63) is 93.2 Å². The van der Waals surface area contributed by atoms with E-state index in [9.17, 15) is 18.4 Å². The van der Waals surface area contributed by atoms with Gasteiger partial charge in [-0.2, -0.15) is 0 Å². The van der Waals surface area contributed by atoms with Gasteiger partial charge >= 0.3 is 0 Å². The Kier molecular flexibility index (Phi) is 6.57. The molecular weight excluding hydrogens is 487 g/mol. The van der Waals surface area contributed by atoms with Crippen molar-refractivity contribution in [2.24, 2.45) is 0 Å². The van der Waals surface area contributed by atoms with Crippen molar-refractivity contribution < 1.29 is 27.4 Å². The zero-order valence-corrected chi connectivity index (χ0v) is 20.4. The largest absolute Gasteiger partial charge is 0.493 e. The summed E-state index contributed by atoms with van der Waals surface area (Å²) in [5.74, 6) is -3.29. The van der Waals surface area contributed by atoms with Gasteiger partial charge in [-0.1, -0.05) is 31.5 Å². The zero-order valence-electron chi connectivity index (χ0n) is 20.4. The first-order chi connectivity index (χ1) is 17.8. The second-order valence-corrected chi connectivity index (χ2v) is 9.05. The van der Waals surface area contributed by atoms with Gasteiger partial charge < -0.3 is 14.4 Å². The second kappa shape index (κ2) is 9.84. The Hall–Kier alpha value is -3.95. The summed E-state index contributed by atoms with van der Waals surface area (Å²) in [7, 11) is 1.57. The molecule has 0 N–H and O–H groups in total. The maximum Gasteiger partial charge on any atom is 0.277 e. The summed E-state index contributed by atoms with van der Waals surface area (Å²) < 4.78 is 57.2. The van der Waals surface area contributed by atoms with Crippen LogP contribution in [0.15, 0.2) is 53.5 Å². The van der Waals surface area contributed by atoms with E-state index in [2.05, 4.69) is 0 Å². The number of halogens is 3. The van der Waals surface area contributed by atoms with Gasteiger partial charge in [-0.15, -0.1) is 0 Å². The standard InChI is InChI=1S/C27H26F3N3O4/c1-3-4-12-37-26-21(34)9-11-32-25(26)27(35)31(2)23-10-13-36-22-15-20(30)19(29)14-17(22)24(33(23)32)16-7-5-6-8-18(16)28/h5-9,11,14-15,23-24H,3-4,10,12-13H2,1-2H3/t23-,24+/m1/s1. The molecule has 5 rings (SSSR count). The molecule has 3 aromatic rings. The summed E-state index contributed by atoms with van der Waals surface area (Å²) >= 11 is 0. The van der Waals surface area contributed by atoms with Gasteiger partial charge in [0.05, 0.1) is 13.2 Å². The lowest BCUT2D eigenvalue weighted by atomic mass is 9.94. The van der Waals surface area contributed by atoms with Crippen LogP contribution >= 0.6 is 0 Å². The van der Waals surface area contributed by atoms with Crippen LogP contribution in [0.2, 0.25) is 0 Å². The molecule has 0 spiro atoms. The number of amides is 1. The Labute approximate surface area is 211 Å². The van der Waals surface area contributed by atoms with E-state index in [1.165, 1.54) is 34.0 Å². The van der Waals surface area contributed by atoms with E-state index < -0.39 is 41.0 Å². The van der Waals surface area contributed by atoms with E-state index in [4.69, 9.17) is 9.47 Å². The average Bonchev–Trinajstić information content (AvgIpc) is 2.87. The fraction of sp³-hybridized carbons (Fsp3) is 0.333. The number of nitrogens with zero attached hydrogens (tertiary/aromatic N) is 3. The molecule has 194 valence electrons. The van der Waals surface area contributed by atoms with Crippen LogP contribution < -0.4 is 19.9 Å². The van der Waals surface area contributed by atoms with Gasteiger partial charge in [0.15, 0.2) is 23.1 Å². The van der Waals surface area contributed by atoms with Gasteiger partial charge in [-0.05, 0) is 18.6 Å². The SMILES string of the molecule is CCCCOc1c2n(ccc1=O)N1[C@@H](c3ccccc3F)c3cc(F)c(F)cc3OCC[C@@H]1N(C)C2=O. The first-order valence-electron chi connectivity index (χ1n) is 12.1. The molecule has 1 aromatic heterocycles. The smallest absolute Gasteiger partial charge is 0.277 e. The summed E-state index contributed by atoms with van der Waals surface area (Å²) in [6.07, 6.45) is 2.53. The zero-order chi connectivity index (χ0) is 26.3. The topological polar surface area (TPSA) is 64.0 Å². The monoisotopic (exact) mass is 513 g/mol. The van der Waals surface area contributed by atoms with Crippen molar-refractivity contribution in [2.45, 2.75) is 38.4 Å². The van der Waals surface area contributed by atoms with Gasteiger partial charge in [0, 0.05) is 42.9 Å². The molecule has 37 heavy (non-hydrogen) atoms. The molecule has 7 nitrogen and oxygen atoms in total. The van der Waals surface area contributed by atoms with Gasteiger partial charge in [-0.3, -0.25) is 19.3 Å². The molecule has 10 heteroatoms. The number of hydrogen-bond donors (Lipinski definition) is 0. The Morgan fingerprint density at radius 3 is 2.54 bits per heavy atom. The van der Waals surface area contributed by atoms with Crippen LogP contribution in [0.3, 0.4) is 0 Å². The average molecular weight is 514 g/mol. The van der Waals surface area contributed by atoms with Crippen molar-refractivity contribution in [2.75, 3.05) is 25.3 Å². The van der Waals surface area contributed by atoms with Crippen LogP contribution in [0.1, 0.15) is 53.8 Å². The third-order valence-electron chi connectivity index (χ3n) is 6.75. The maximum atomic E-state index is 15.3. The molecule has 0 saturated heterocycles. The fourth-order valence-electron chi connectivity index (χ4n) is 4.91. The number of ether oxygens (including phenoxy) is 2. The Morgan fingerprint density at radius 1 is 1.03 bits per heavy atom. The molecule has 0 radical (unpaired) electrons. The number of fused-ring (bicyclic) bond motifs is 4. The van der Waals surface area contributed by atoms with Crippen molar-refractivity contribution in [3.8, 4) is 11.5 Å². The fourth-order valence-corrected chi connectivity index (χ4v) is 4.91. The lowest BCUT2D eigenvalue weighted by Crippen LogP contribution is -2.62. The minimum absolute atomic E-state index is 0.0192. The number of pyridine rings is 1. The molecule has 0 aliphatic carbocycles. The van der Waals surface area contributed by atoms with Crippen LogP contribution in [-0.4, -0.2) is 41.9 Å². The molecule has 2 aliphatic rings. The first kappa shape index (κ1) is 24.7. The minimum atomic E-state index is -1.12. The third kappa shape index (κ3) is 4.20. The summed E-state index contributed by atoms with van der Waals surface area (Å²) in [6.45, 7) is 2.29. The van der Waals surface area contributed by atoms with E-state index >= 15 is 4.39 Å². The van der Waals surface area contributed by atoms with Crippen molar-refractivity contribution in [3.63, 3.8) is 0 Å². The van der Waals surface area contributed by atoms with E-state index in [1.807, 2.05) is 6.92 Å².